The van der Waals surface area contributed by atoms with Gasteiger partial charge in [0.15, 0.2) is 0 Å². The summed E-state index contributed by atoms with van der Waals surface area (Å²) in [5, 5.41) is 6.05. The van der Waals surface area contributed by atoms with E-state index in [1.165, 1.54) is 12.1 Å². The largest absolute Gasteiger partial charge is 0.326 e. The van der Waals surface area contributed by atoms with Gasteiger partial charge in [0.25, 0.3) is 10.0 Å². The number of benzene rings is 1. The van der Waals surface area contributed by atoms with Crippen LogP contribution >= 0.6 is 15.9 Å². The minimum absolute atomic E-state index is 0.0109. The van der Waals surface area contributed by atoms with Crippen LogP contribution in [0.4, 0.5) is 10.1 Å². The van der Waals surface area contributed by atoms with Crippen LogP contribution in [0, 0.1) is 12.7 Å². The van der Waals surface area contributed by atoms with Gasteiger partial charge in [0.05, 0.1) is 5.69 Å². The number of aromatic amines is 1. The molecule has 1 aromatic carbocycles. The monoisotopic (exact) mass is 362 g/mol. The number of aromatic nitrogens is 2. The fourth-order valence-electron chi connectivity index (χ4n) is 1.67. The molecule has 0 radical (unpaired) electrons. The smallest absolute Gasteiger partial charge is 0.281 e. The summed E-state index contributed by atoms with van der Waals surface area (Å²) in [6, 6.07) is 4.14. The third kappa shape index (κ3) is 2.69. The zero-order valence-electron chi connectivity index (χ0n) is 10.4. The molecule has 0 saturated heterocycles. The van der Waals surface area contributed by atoms with Crippen molar-refractivity contribution in [2.45, 2.75) is 18.5 Å². The summed E-state index contributed by atoms with van der Waals surface area (Å²) in [5.74, 6) is -0.690. The number of nitrogens with two attached hydrogens (primary N) is 1. The molecular weight excluding hydrogens is 351 g/mol. The summed E-state index contributed by atoms with van der Waals surface area (Å²) in [4.78, 5) is 0. The van der Waals surface area contributed by atoms with E-state index in [4.69, 9.17) is 5.73 Å². The Morgan fingerprint density at radius 2 is 2.20 bits per heavy atom. The fourth-order valence-corrected chi connectivity index (χ4v) is 3.54. The van der Waals surface area contributed by atoms with Crippen molar-refractivity contribution < 1.29 is 12.8 Å². The zero-order valence-corrected chi connectivity index (χ0v) is 12.8. The van der Waals surface area contributed by atoms with Crippen molar-refractivity contribution in [3.05, 3.63) is 39.7 Å². The Morgan fingerprint density at radius 3 is 2.80 bits per heavy atom. The second-order valence-corrected chi connectivity index (χ2v) is 6.49. The summed E-state index contributed by atoms with van der Waals surface area (Å²) in [6.07, 6.45) is 0. The fraction of sp³-hybridized carbons (Fsp3) is 0.182. The Bertz CT molecular complexity index is 725. The van der Waals surface area contributed by atoms with Crippen molar-refractivity contribution >= 4 is 31.6 Å². The van der Waals surface area contributed by atoms with Crippen LogP contribution < -0.4 is 10.5 Å². The van der Waals surface area contributed by atoms with Gasteiger partial charge >= 0.3 is 0 Å². The van der Waals surface area contributed by atoms with Crippen LogP contribution in [0.2, 0.25) is 0 Å². The van der Waals surface area contributed by atoms with E-state index in [9.17, 15) is 12.8 Å². The molecule has 0 aliphatic carbocycles. The Kier molecular flexibility index (Phi) is 4.11. The molecule has 0 atom stereocenters. The highest BCUT2D eigenvalue weighted by atomic mass is 79.9. The average molecular weight is 363 g/mol. The van der Waals surface area contributed by atoms with E-state index < -0.39 is 15.8 Å². The van der Waals surface area contributed by atoms with Crippen LogP contribution in [0.3, 0.4) is 0 Å². The number of sulfonamides is 1. The standard InChI is InChI=1S/C11H12BrFN4O2S/c1-6-7(5-14)11(16-15-6)20(18,19)17-10-8(12)3-2-4-9(10)13/h2-4,17H,5,14H2,1H3,(H,15,16). The molecule has 2 rings (SSSR count). The van der Waals surface area contributed by atoms with Crippen molar-refractivity contribution in [2.24, 2.45) is 5.73 Å². The molecular formula is C11H12BrFN4O2S. The predicted molar refractivity (Wildman–Crippen MR) is 76.1 cm³/mol. The number of anilines is 1. The topological polar surface area (TPSA) is 101 Å². The molecule has 0 spiro atoms. The number of hydrogen-bond donors (Lipinski definition) is 3. The molecule has 6 nitrogen and oxygen atoms in total. The molecule has 0 amide bonds. The molecule has 4 N–H and O–H groups in total. The van der Waals surface area contributed by atoms with E-state index in [1.54, 1.807) is 6.92 Å². The first-order valence-corrected chi connectivity index (χ1v) is 7.85. The maximum absolute atomic E-state index is 13.7. The molecule has 1 aromatic heterocycles. The quantitative estimate of drug-likeness (QED) is 0.772. The first kappa shape index (κ1) is 14.9. The second kappa shape index (κ2) is 5.51. The Hall–Kier alpha value is -1.45. The third-order valence-corrected chi connectivity index (χ3v) is 4.67. The molecule has 9 heteroatoms. The number of halogens is 2. The average Bonchev–Trinajstić information content (AvgIpc) is 2.76. The number of para-hydroxylation sites is 1. The minimum atomic E-state index is -4.02. The molecule has 0 saturated carbocycles. The molecule has 0 aliphatic heterocycles. The highest BCUT2D eigenvalue weighted by molar-refractivity contribution is 9.10. The maximum atomic E-state index is 13.7. The van der Waals surface area contributed by atoms with Crippen LogP contribution in [0.15, 0.2) is 27.7 Å². The normalized spacial score (nSPS) is 11.6. The molecule has 0 unspecified atom stereocenters. The molecule has 1 heterocycles. The van der Waals surface area contributed by atoms with Crippen LogP contribution in [0.25, 0.3) is 0 Å². The van der Waals surface area contributed by atoms with Gasteiger partial charge in [-0.1, -0.05) is 6.07 Å². The molecule has 0 fully saturated rings. The van der Waals surface area contributed by atoms with Gasteiger partial charge in [-0.05, 0) is 35.0 Å². The summed E-state index contributed by atoms with van der Waals surface area (Å²) in [5.41, 5.74) is 6.26. The van der Waals surface area contributed by atoms with E-state index in [2.05, 4.69) is 30.8 Å². The Labute approximate surface area is 123 Å². The molecule has 0 aliphatic rings. The lowest BCUT2D eigenvalue weighted by Gasteiger charge is -2.10. The summed E-state index contributed by atoms with van der Waals surface area (Å²) in [6.45, 7) is 1.67. The zero-order chi connectivity index (χ0) is 14.9. The van der Waals surface area contributed by atoms with Gasteiger partial charge in [0.1, 0.15) is 5.82 Å². The van der Waals surface area contributed by atoms with E-state index in [-0.39, 0.29) is 17.3 Å². The second-order valence-electron chi connectivity index (χ2n) is 4.04. The van der Waals surface area contributed by atoms with E-state index in [1.807, 2.05) is 0 Å². The van der Waals surface area contributed by atoms with E-state index in [0.717, 1.165) is 6.07 Å². The van der Waals surface area contributed by atoms with Gasteiger partial charge in [0, 0.05) is 22.3 Å². The van der Waals surface area contributed by atoms with Crippen molar-refractivity contribution in [1.29, 1.82) is 0 Å². The van der Waals surface area contributed by atoms with E-state index in [0.29, 0.717) is 15.7 Å². The highest BCUT2D eigenvalue weighted by Gasteiger charge is 2.25. The summed E-state index contributed by atoms with van der Waals surface area (Å²) >= 11 is 3.09. The number of H-pyrrole nitrogens is 1. The predicted octanol–water partition coefficient (Wildman–Crippen LogP) is 1.88. The van der Waals surface area contributed by atoms with Crippen LogP contribution in [-0.2, 0) is 16.6 Å². The van der Waals surface area contributed by atoms with Gasteiger partial charge in [-0.25, -0.2) is 4.39 Å². The lowest BCUT2D eigenvalue weighted by Crippen LogP contribution is -2.17. The molecule has 2 aromatic rings. The van der Waals surface area contributed by atoms with Crippen LogP contribution in [0.1, 0.15) is 11.3 Å². The lowest BCUT2D eigenvalue weighted by atomic mass is 10.3. The Balaban J connectivity index is 2.46. The lowest BCUT2D eigenvalue weighted by molar-refractivity contribution is 0.593. The van der Waals surface area contributed by atoms with Gasteiger partial charge in [-0.2, -0.15) is 13.5 Å². The molecule has 20 heavy (non-hydrogen) atoms. The number of hydrogen-bond acceptors (Lipinski definition) is 4. The van der Waals surface area contributed by atoms with Gasteiger partial charge < -0.3 is 5.73 Å². The first-order chi connectivity index (χ1) is 9.36. The molecule has 108 valence electrons. The van der Waals surface area contributed by atoms with Crippen molar-refractivity contribution in [1.82, 2.24) is 10.2 Å². The maximum Gasteiger partial charge on any atom is 0.281 e. The van der Waals surface area contributed by atoms with Crippen molar-refractivity contribution in [2.75, 3.05) is 4.72 Å². The third-order valence-electron chi connectivity index (χ3n) is 2.69. The number of nitrogens with zero attached hydrogens (tertiary/aromatic N) is 1. The first-order valence-electron chi connectivity index (χ1n) is 5.57. The number of aryl methyl sites for hydroxylation is 1. The summed E-state index contributed by atoms with van der Waals surface area (Å²) < 4.78 is 40.7. The van der Waals surface area contributed by atoms with Gasteiger partial charge in [0.2, 0.25) is 5.03 Å². The van der Waals surface area contributed by atoms with Gasteiger partial charge in [-0.15, -0.1) is 0 Å². The summed E-state index contributed by atoms with van der Waals surface area (Å²) in [7, 11) is -4.02. The van der Waals surface area contributed by atoms with Crippen molar-refractivity contribution in [3.8, 4) is 0 Å². The Morgan fingerprint density at radius 1 is 1.50 bits per heavy atom. The van der Waals surface area contributed by atoms with Crippen molar-refractivity contribution in [3.63, 3.8) is 0 Å². The highest BCUT2D eigenvalue weighted by Crippen LogP contribution is 2.28. The molecule has 0 bridgehead atoms. The van der Waals surface area contributed by atoms with E-state index >= 15 is 0 Å². The van der Waals surface area contributed by atoms with Crippen LogP contribution in [-0.4, -0.2) is 18.6 Å². The number of rotatable bonds is 4. The van der Waals surface area contributed by atoms with Gasteiger partial charge in [-0.3, -0.25) is 9.82 Å². The SMILES string of the molecule is Cc1[nH]nc(S(=O)(=O)Nc2c(F)cccc2Br)c1CN. The number of nitrogens with one attached hydrogen (secondary N) is 2. The minimum Gasteiger partial charge on any atom is -0.326 e. The van der Waals surface area contributed by atoms with Crippen LogP contribution in [0.5, 0.6) is 0 Å².